The maximum Gasteiger partial charge on any atom is 0.126 e. The van der Waals surface area contributed by atoms with E-state index < -0.39 is 5.54 Å². The molecule has 2 N–H and O–H groups in total. The van der Waals surface area contributed by atoms with Gasteiger partial charge >= 0.3 is 0 Å². The second-order valence-corrected chi connectivity index (χ2v) is 3.74. The highest BCUT2D eigenvalue weighted by molar-refractivity contribution is 9.10. The molecule has 1 rings (SSSR count). The highest BCUT2D eigenvalue weighted by Crippen LogP contribution is 2.19. The molecule has 0 aliphatic rings. The molecular formula is C9H9BrN2. The van der Waals surface area contributed by atoms with Crippen molar-refractivity contribution in [1.82, 2.24) is 0 Å². The Kier molecular flexibility index (Phi) is 2.51. The Hall–Kier alpha value is -0.850. The van der Waals surface area contributed by atoms with Crippen LogP contribution in [0.4, 0.5) is 0 Å². The lowest BCUT2D eigenvalue weighted by Crippen LogP contribution is -2.30. The van der Waals surface area contributed by atoms with E-state index in [9.17, 15) is 0 Å². The van der Waals surface area contributed by atoms with Gasteiger partial charge in [-0.2, -0.15) is 5.26 Å². The van der Waals surface area contributed by atoms with Gasteiger partial charge in [-0.15, -0.1) is 0 Å². The monoisotopic (exact) mass is 224 g/mol. The Labute approximate surface area is 80.1 Å². The van der Waals surface area contributed by atoms with Crippen LogP contribution in [0.5, 0.6) is 0 Å². The van der Waals surface area contributed by atoms with Crippen LogP contribution >= 0.6 is 15.9 Å². The Morgan fingerprint density at radius 3 is 2.33 bits per heavy atom. The summed E-state index contributed by atoms with van der Waals surface area (Å²) in [5.41, 5.74) is 5.65. The minimum atomic E-state index is -0.888. The van der Waals surface area contributed by atoms with Crippen molar-refractivity contribution in [2.75, 3.05) is 0 Å². The van der Waals surface area contributed by atoms with E-state index in [0.29, 0.717) is 0 Å². The van der Waals surface area contributed by atoms with E-state index in [2.05, 4.69) is 15.9 Å². The van der Waals surface area contributed by atoms with E-state index in [0.717, 1.165) is 10.0 Å². The van der Waals surface area contributed by atoms with Crippen LogP contribution in [0.2, 0.25) is 0 Å². The minimum absolute atomic E-state index is 0.827. The van der Waals surface area contributed by atoms with Crippen molar-refractivity contribution in [3.05, 3.63) is 34.3 Å². The highest BCUT2D eigenvalue weighted by atomic mass is 79.9. The van der Waals surface area contributed by atoms with E-state index in [1.807, 2.05) is 30.3 Å². The molecule has 0 heterocycles. The van der Waals surface area contributed by atoms with Crippen molar-refractivity contribution in [1.29, 1.82) is 5.26 Å². The Morgan fingerprint density at radius 1 is 1.42 bits per heavy atom. The van der Waals surface area contributed by atoms with Gasteiger partial charge in [-0.1, -0.05) is 28.1 Å². The average molecular weight is 225 g/mol. The first-order valence-electron chi connectivity index (χ1n) is 3.52. The molecule has 0 bridgehead atoms. The van der Waals surface area contributed by atoms with Gasteiger partial charge in [0.1, 0.15) is 5.54 Å². The first-order chi connectivity index (χ1) is 5.56. The number of hydrogen-bond acceptors (Lipinski definition) is 2. The third-order valence-corrected chi connectivity index (χ3v) is 2.20. The fourth-order valence-corrected chi connectivity index (χ4v) is 1.12. The summed E-state index contributed by atoms with van der Waals surface area (Å²) in [4.78, 5) is 0. The molecule has 1 atom stereocenters. The summed E-state index contributed by atoms with van der Waals surface area (Å²) >= 11 is 3.31. The van der Waals surface area contributed by atoms with Crippen LogP contribution < -0.4 is 5.73 Å². The average Bonchev–Trinajstić information content (AvgIpc) is 2.05. The van der Waals surface area contributed by atoms with Crippen LogP contribution in [0, 0.1) is 11.3 Å². The maximum atomic E-state index is 8.73. The topological polar surface area (TPSA) is 49.8 Å². The molecule has 0 aliphatic carbocycles. The Balaban J connectivity index is 3.07. The molecule has 3 heteroatoms. The van der Waals surface area contributed by atoms with Gasteiger partial charge in [-0.3, -0.25) is 0 Å². The lowest BCUT2D eigenvalue weighted by Gasteiger charge is -2.15. The van der Waals surface area contributed by atoms with Crippen LogP contribution in [-0.4, -0.2) is 0 Å². The summed E-state index contributed by atoms with van der Waals surface area (Å²) in [7, 11) is 0. The summed E-state index contributed by atoms with van der Waals surface area (Å²) in [5.74, 6) is 0. The largest absolute Gasteiger partial charge is 0.310 e. The highest BCUT2D eigenvalue weighted by Gasteiger charge is 2.19. The number of nitriles is 1. The molecule has 0 saturated carbocycles. The fourth-order valence-electron chi connectivity index (χ4n) is 0.861. The zero-order chi connectivity index (χ0) is 9.19. The van der Waals surface area contributed by atoms with Gasteiger partial charge in [-0.25, -0.2) is 0 Å². The van der Waals surface area contributed by atoms with E-state index in [4.69, 9.17) is 11.0 Å². The third kappa shape index (κ3) is 1.84. The van der Waals surface area contributed by atoms with Crippen LogP contribution in [0.1, 0.15) is 12.5 Å². The Morgan fingerprint density at radius 2 is 1.92 bits per heavy atom. The summed E-state index contributed by atoms with van der Waals surface area (Å²) in [6.07, 6.45) is 0. The summed E-state index contributed by atoms with van der Waals surface area (Å²) in [5, 5.41) is 8.73. The molecule has 0 aliphatic heterocycles. The summed E-state index contributed by atoms with van der Waals surface area (Å²) in [6, 6.07) is 9.47. The second kappa shape index (κ2) is 3.26. The predicted molar refractivity (Wildman–Crippen MR) is 51.3 cm³/mol. The summed E-state index contributed by atoms with van der Waals surface area (Å²) < 4.78 is 0.986. The molecule has 0 saturated heterocycles. The molecule has 0 fully saturated rings. The normalized spacial score (nSPS) is 14.8. The standard InChI is InChI=1S/C9H9BrN2/c1-9(12,6-11)7-2-4-8(10)5-3-7/h2-5H,12H2,1H3/t9-/m1/s1. The van der Waals surface area contributed by atoms with E-state index in [1.165, 1.54) is 0 Å². The zero-order valence-electron chi connectivity index (χ0n) is 6.71. The first kappa shape index (κ1) is 9.24. The molecule has 0 radical (unpaired) electrons. The molecular weight excluding hydrogens is 216 g/mol. The van der Waals surface area contributed by atoms with Gasteiger partial charge in [0.15, 0.2) is 0 Å². The molecule has 0 aromatic heterocycles. The molecule has 1 aromatic carbocycles. The third-order valence-electron chi connectivity index (χ3n) is 1.68. The minimum Gasteiger partial charge on any atom is -0.310 e. The number of halogens is 1. The molecule has 0 unspecified atom stereocenters. The fraction of sp³-hybridized carbons (Fsp3) is 0.222. The van der Waals surface area contributed by atoms with Crippen LogP contribution in [-0.2, 0) is 5.54 Å². The van der Waals surface area contributed by atoms with E-state index in [-0.39, 0.29) is 0 Å². The quantitative estimate of drug-likeness (QED) is 0.795. The molecule has 2 nitrogen and oxygen atoms in total. The number of nitrogens with zero attached hydrogens (tertiary/aromatic N) is 1. The molecule has 62 valence electrons. The SMILES string of the molecule is C[C@@](N)(C#N)c1ccc(Br)cc1. The molecule has 1 aromatic rings. The first-order valence-corrected chi connectivity index (χ1v) is 4.32. The van der Waals surface area contributed by atoms with Crippen molar-refractivity contribution in [2.45, 2.75) is 12.5 Å². The number of benzene rings is 1. The van der Waals surface area contributed by atoms with Gasteiger partial charge in [0.05, 0.1) is 6.07 Å². The van der Waals surface area contributed by atoms with Crippen LogP contribution in [0.3, 0.4) is 0 Å². The molecule has 0 spiro atoms. The van der Waals surface area contributed by atoms with E-state index >= 15 is 0 Å². The number of hydrogen-bond donors (Lipinski definition) is 1. The van der Waals surface area contributed by atoms with Gasteiger partial charge in [-0.05, 0) is 24.6 Å². The smallest absolute Gasteiger partial charge is 0.126 e. The maximum absolute atomic E-state index is 8.73. The van der Waals surface area contributed by atoms with Gasteiger partial charge in [0.25, 0.3) is 0 Å². The molecule has 12 heavy (non-hydrogen) atoms. The second-order valence-electron chi connectivity index (χ2n) is 2.82. The predicted octanol–water partition coefficient (Wildman–Crippen LogP) is 2.15. The van der Waals surface area contributed by atoms with Crippen molar-refractivity contribution in [2.24, 2.45) is 5.73 Å². The van der Waals surface area contributed by atoms with Crippen LogP contribution in [0.15, 0.2) is 28.7 Å². The summed E-state index contributed by atoms with van der Waals surface area (Å²) in [6.45, 7) is 1.69. The van der Waals surface area contributed by atoms with Crippen molar-refractivity contribution in [3.63, 3.8) is 0 Å². The zero-order valence-corrected chi connectivity index (χ0v) is 8.30. The van der Waals surface area contributed by atoms with Crippen molar-refractivity contribution in [3.8, 4) is 6.07 Å². The number of rotatable bonds is 1. The lowest BCUT2D eigenvalue weighted by atomic mass is 9.95. The van der Waals surface area contributed by atoms with E-state index in [1.54, 1.807) is 6.92 Å². The lowest BCUT2D eigenvalue weighted by molar-refractivity contribution is 0.646. The van der Waals surface area contributed by atoms with Gasteiger partial charge in [0.2, 0.25) is 0 Å². The number of nitrogens with two attached hydrogens (primary N) is 1. The van der Waals surface area contributed by atoms with Crippen molar-refractivity contribution < 1.29 is 0 Å². The van der Waals surface area contributed by atoms with Crippen LogP contribution in [0.25, 0.3) is 0 Å². The van der Waals surface area contributed by atoms with Crippen molar-refractivity contribution >= 4 is 15.9 Å². The Bertz CT molecular complexity index is 308. The molecule has 0 amide bonds. The van der Waals surface area contributed by atoms with Gasteiger partial charge in [0, 0.05) is 4.47 Å². The van der Waals surface area contributed by atoms with Gasteiger partial charge < -0.3 is 5.73 Å².